The molecule has 0 saturated carbocycles. The van der Waals surface area contributed by atoms with Crippen LogP contribution in [0.25, 0.3) is 10.6 Å². The number of halogens is 1. The minimum atomic E-state index is 0.509. The summed E-state index contributed by atoms with van der Waals surface area (Å²) in [5.74, 6) is 0. The first-order chi connectivity index (χ1) is 6.27. The molecule has 1 heterocycles. The van der Waals surface area contributed by atoms with Crippen LogP contribution in [0.1, 0.15) is 0 Å². The van der Waals surface area contributed by atoms with Crippen LogP contribution in [0.4, 0.5) is 5.13 Å². The van der Waals surface area contributed by atoms with E-state index in [0.29, 0.717) is 5.13 Å². The summed E-state index contributed by atoms with van der Waals surface area (Å²) in [5.41, 5.74) is 6.60. The van der Waals surface area contributed by atoms with E-state index in [9.17, 15) is 0 Å². The molecular weight excluding hydrogens is 297 g/mol. The van der Waals surface area contributed by atoms with Crippen LogP contribution in [-0.4, -0.2) is 10.2 Å². The third-order valence-electron chi connectivity index (χ3n) is 1.54. The van der Waals surface area contributed by atoms with E-state index in [1.54, 1.807) is 0 Å². The van der Waals surface area contributed by atoms with E-state index in [1.807, 2.05) is 24.3 Å². The Morgan fingerprint density at radius 3 is 2.62 bits per heavy atom. The molecule has 3 nitrogen and oxygen atoms in total. The fourth-order valence-electron chi connectivity index (χ4n) is 0.978. The molecule has 2 aromatic rings. The van der Waals surface area contributed by atoms with Gasteiger partial charge in [0.2, 0.25) is 5.13 Å². The van der Waals surface area contributed by atoms with Gasteiger partial charge >= 0.3 is 0 Å². The van der Waals surface area contributed by atoms with Crippen molar-refractivity contribution in [3.8, 4) is 10.6 Å². The van der Waals surface area contributed by atoms with Crippen LogP contribution in [0.3, 0.4) is 0 Å². The molecule has 0 spiro atoms. The highest BCUT2D eigenvalue weighted by Gasteiger charge is 2.06. The molecule has 13 heavy (non-hydrogen) atoms. The topological polar surface area (TPSA) is 51.8 Å². The molecule has 0 bridgehead atoms. The average Bonchev–Trinajstić information content (AvgIpc) is 2.53. The van der Waals surface area contributed by atoms with E-state index >= 15 is 0 Å². The van der Waals surface area contributed by atoms with Gasteiger partial charge in [-0.1, -0.05) is 29.5 Å². The first-order valence-corrected chi connectivity index (χ1v) is 5.51. The molecule has 0 unspecified atom stereocenters. The van der Waals surface area contributed by atoms with Crippen LogP contribution in [0.15, 0.2) is 24.3 Å². The summed E-state index contributed by atoms with van der Waals surface area (Å²) >= 11 is 3.68. The van der Waals surface area contributed by atoms with Crippen molar-refractivity contribution in [2.24, 2.45) is 0 Å². The minimum Gasteiger partial charge on any atom is -0.374 e. The predicted octanol–water partition coefficient (Wildman–Crippen LogP) is 2.39. The lowest BCUT2D eigenvalue weighted by molar-refractivity contribution is 1.10. The summed E-state index contributed by atoms with van der Waals surface area (Å²) in [5, 5.41) is 9.15. The smallest absolute Gasteiger partial charge is 0.203 e. The molecular formula is C8H6IN3S. The van der Waals surface area contributed by atoms with Crippen molar-refractivity contribution in [2.75, 3.05) is 5.73 Å². The molecule has 0 saturated heterocycles. The highest BCUT2D eigenvalue weighted by Crippen LogP contribution is 2.28. The number of nitrogens with zero attached hydrogens (tertiary/aromatic N) is 2. The summed E-state index contributed by atoms with van der Waals surface area (Å²) in [7, 11) is 0. The summed E-state index contributed by atoms with van der Waals surface area (Å²) in [4.78, 5) is 0. The van der Waals surface area contributed by atoms with Crippen molar-refractivity contribution in [3.63, 3.8) is 0 Å². The number of hydrogen-bond acceptors (Lipinski definition) is 4. The number of anilines is 1. The zero-order valence-corrected chi connectivity index (χ0v) is 9.54. The molecule has 2 N–H and O–H groups in total. The lowest BCUT2D eigenvalue weighted by atomic mass is 10.2. The molecule has 0 fully saturated rings. The summed E-state index contributed by atoms with van der Waals surface area (Å²) in [6.07, 6.45) is 0. The standard InChI is InChI=1S/C8H6IN3S/c9-6-4-2-1-3-5(6)7-11-12-8(10)13-7/h1-4H,(H2,10,12). The SMILES string of the molecule is Nc1nnc(-c2ccccc2I)s1. The fraction of sp³-hybridized carbons (Fsp3) is 0. The van der Waals surface area contributed by atoms with E-state index in [4.69, 9.17) is 5.73 Å². The molecule has 0 aliphatic carbocycles. The first-order valence-electron chi connectivity index (χ1n) is 3.61. The highest BCUT2D eigenvalue weighted by molar-refractivity contribution is 14.1. The molecule has 1 aromatic heterocycles. The second-order valence-electron chi connectivity index (χ2n) is 2.43. The Morgan fingerprint density at radius 1 is 1.23 bits per heavy atom. The average molecular weight is 303 g/mol. The molecule has 0 aliphatic heterocycles. The van der Waals surface area contributed by atoms with Gasteiger partial charge in [-0.05, 0) is 28.7 Å². The Morgan fingerprint density at radius 2 is 2.00 bits per heavy atom. The van der Waals surface area contributed by atoms with E-state index in [-0.39, 0.29) is 0 Å². The first kappa shape index (κ1) is 8.89. The lowest BCUT2D eigenvalue weighted by Gasteiger charge is -1.96. The maximum absolute atomic E-state index is 5.51. The monoisotopic (exact) mass is 303 g/mol. The van der Waals surface area contributed by atoms with E-state index in [2.05, 4.69) is 32.8 Å². The molecule has 0 amide bonds. The number of hydrogen-bond donors (Lipinski definition) is 1. The van der Waals surface area contributed by atoms with Gasteiger partial charge in [0.15, 0.2) is 5.01 Å². The summed E-state index contributed by atoms with van der Waals surface area (Å²) in [6.45, 7) is 0. The maximum Gasteiger partial charge on any atom is 0.203 e. The van der Waals surface area contributed by atoms with Gasteiger partial charge in [-0.2, -0.15) is 0 Å². The Labute approximate surface area is 93.1 Å². The van der Waals surface area contributed by atoms with Gasteiger partial charge in [0.25, 0.3) is 0 Å². The van der Waals surface area contributed by atoms with Gasteiger partial charge in [0.05, 0.1) is 0 Å². The second-order valence-corrected chi connectivity index (χ2v) is 4.60. The molecule has 0 aliphatic rings. The minimum absolute atomic E-state index is 0.509. The van der Waals surface area contributed by atoms with Crippen molar-refractivity contribution in [3.05, 3.63) is 27.8 Å². The Kier molecular flexibility index (Phi) is 2.45. The summed E-state index contributed by atoms with van der Waals surface area (Å²) < 4.78 is 1.16. The van der Waals surface area contributed by atoms with Crippen LogP contribution in [-0.2, 0) is 0 Å². The van der Waals surface area contributed by atoms with Gasteiger partial charge in [0, 0.05) is 9.13 Å². The fourth-order valence-corrected chi connectivity index (χ4v) is 2.45. The maximum atomic E-state index is 5.51. The number of rotatable bonds is 1. The molecule has 66 valence electrons. The Hall–Kier alpha value is -0.690. The second kappa shape index (κ2) is 3.59. The Balaban J connectivity index is 2.52. The van der Waals surface area contributed by atoms with Gasteiger partial charge in [0.1, 0.15) is 0 Å². The van der Waals surface area contributed by atoms with Crippen LogP contribution in [0.5, 0.6) is 0 Å². The quantitative estimate of drug-likeness (QED) is 0.823. The van der Waals surface area contributed by atoms with E-state index in [0.717, 1.165) is 14.1 Å². The third kappa shape index (κ3) is 1.80. The number of nitrogens with two attached hydrogens (primary N) is 1. The summed E-state index contributed by atoms with van der Waals surface area (Å²) in [6, 6.07) is 8.03. The van der Waals surface area contributed by atoms with Crippen molar-refractivity contribution in [2.45, 2.75) is 0 Å². The van der Waals surface area contributed by atoms with Gasteiger partial charge in [-0.25, -0.2) is 0 Å². The Bertz CT molecular complexity index is 427. The third-order valence-corrected chi connectivity index (χ3v) is 3.27. The van der Waals surface area contributed by atoms with Crippen molar-refractivity contribution in [1.29, 1.82) is 0 Å². The van der Waals surface area contributed by atoms with Crippen molar-refractivity contribution in [1.82, 2.24) is 10.2 Å². The number of benzene rings is 1. The highest BCUT2D eigenvalue weighted by atomic mass is 127. The lowest BCUT2D eigenvalue weighted by Crippen LogP contribution is -1.81. The molecule has 5 heteroatoms. The predicted molar refractivity (Wildman–Crippen MR) is 62.5 cm³/mol. The van der Waals surface area contributed by atoms with Crippen molar-refractivity contribution < 1.29 is 0 Å². The zero-order chi connectivity index (χ0) is 9.26. The van der Waals surface area contributed by atoms with Gasteiger partial charge < -0.3 is 5.73 Å². The van der Waals surface area contributed by atoms with Crippen molar-refractivity contribution >= 4 is 39.1 Å². The van der Waals surface area contributed by atoms with Crippen LogP contribution in [0.2, 0.25) is 0 Å². The van der Waals surface area contributed by atoms with E-state index in [1.165, 1.54) is 11.3 Å². The molecule has 1 aromatic carbocycles. The molecule has 0 atom stereocenters. The number of aromatic nitrogens is 2. The molecule has 2 rings (SSSR count). The molecule has 0 radical (unpaired) electrons. The number of nitrogen functional groups attached to an aromatic ring is 1. The van der Waals surface area contributed by atoms with E-state index < -0.39 is 0 Å². The van der Waals surface area contributed by atoms with Crippen LogP contribution >= 0.6 is 33.9 Å². The van der Waals surface area contributed by atoms with Crippen LogP contribution in [0, 0.1) is 3.57 Å². The largest absolute Gasteiger partial charge is 0.374 e. The van der Waals surface area contributed by atoms with Crippen LogP contribution < -0.4 is 5.73 Å². The van der Waals surface area contributed by atoms with Gasteiger partial charge in [-0.15, -0.1) is 10.2 Å². The zero-order valence-electron chi connectivity index (χ0n) is 6.57. The normalized spacial score (nSPS) is 10.2. The van der Waals surface area contributed by atoms with Gasteiger partial charge in [-0.3, -0.25) is 0 Å².